The minimum Gasteiger partial charge on any atom is -0.337 e. The van der Waals surface area contributed by atoms with Crippen molar-refractivity contribution in [2.45, 2.75) is 52.1 Å². The molecule has 1 aromatic carbocycles. The average molecular weight is 366 g/mol. The third kappa shape index (κ3) is 4.95. The van der Waals surface area contributed by atoms with Crippen LogP contribution in [0.5, 0.6) is 0 Å². The zero-order chi connectivity index (χ0) is 19.1. The first-order valence-corrected chi connectivity index (χ1v) is 10.2. The van der Waals surface area contributed by atoms with Crippen molar-refractivity contribution in [2.24, 2.45) is 0 Å². The maximum absolute atomic E-state index is 13.7. The van der Waals surface area contributed by atoms with E-state index in [4.69, 9.17) is 0 Å². The molecule has 1 amide bonds. The normalized spacial score (nSPS) is 15.6. The highest BCUT2D eigenvalue weighted by molar-refractivity contribution is 5.83. The van der Waals surface area contributed by atoms with E-state index in [1.807, 2.05) is 18.3 Å². The van der Waals surface area contributed by atoms with E-state index >= 15 is 0 Å². The van der Waals surface area contributed by atoms with Crippen molar-refractivity contribution in [1.29, 1.82) is 0 Å². The van der Waals surface area contributed by atoms with Crippen LogP contribution >= 0.6 is 0 Å². The second kappa shape index (κ2) is 9.65. The summed E-state index contributed by atoms with van der Waals surface area (Å²) in [6, 6.07) is 12.1. The van der Waals surface area contributed by atoms with Crippen molar-refractivity contribution in [3.63, 3.8) is 0 Å². The number of carbonyl (C=O) groups is 1. The number of rotatable bonds is 8. The Morgan fingerprint density at radius 1 is 1.19 bits per heavy atom. The van der Waals surface area contributed by atoms with Crippen molar-refractivity contribution in [3.8, 4) is 0 Å². The van der Waals surface area contributed by atoms with Gasteiger partial charge in [-0.2, -0.15) is 0 Å². The highest BCUT2D eigenvalue weighted by Crippen LogP contribution is 2.28. The third-order valence-electron chi connectivity index (χ3n) is 5.46. The molecule has 1 saturated heterocycles. The number of carbonyl (C=O) groups excluding carboxylic acids is 1. The number of amides is 1. The second-order valence-electron chi connectivity index (χ2n) is 7.47. The number of hydrogen-bond acceptors (Lipinski definition) is 3. The minimum absolute atomic E-state index is 0.210. The quantitative estimate of drug-likeness (QED) is 0.697. The van der Waals surface area contributed by atoms with Crippen LogP contribution in [0.25, 0.3) is 0 Å². The molecular weight excluding hydrogens is 334 g/mol. The summed E-state index contributed by atoms with van der Waals surface area (Å²) in [7, 11) is 0. The van der Waals surface area contributed by atoms with Gasteiger partial charge in [0.1, 0.15) is 6.04 Å². The lowest BCUT2D eigenvalue weighted by molar-refractivity contribution is -0.137. The standard InChI is InChI=1S/C23H31N3O/c1-3-4-14-26(18-21-11-6-5-10-19(21)2)23(27)22(25-15-7-8-16-25)20-12-9-13-24-17-20/h5-6,9-13,17,22H,3-4,7-8,14-16,18H2,1-2H3. The van der Waals surface area contributed by atoms with Gasteiger partial charge in [-0.1, -0.05) is 43.7 Å². The fraction of sp³-hybridized carbons (Fsp3) is 0.478. The molecule has 4 nitrogen and oxygen atoms in total. The third-order valence-corrected chi connectivity index (χ3v) is 5.46. The zero-order valence-electron chi connectivity index (χ0n) is 16.6. The van der Waals surface area contributed by atoms with Crippen LogP contribution in [0.2, 0.25) is 0 Å². The van der Waals surface area contributed by atoms with Crippen LogP contribution < -0.4 is 0 Å². The van der Waals surface area contributed by atoms with Gasteiger partial charge in [0.15, 0.2) is 0 Å². The highest BCUT2D eigenvalue weighted by Gasteiger charge is 2.33. The molecule has 0 saturated carbocycles. The number of aryl methyl sites for hydroxylation is 1. The summed E-state index contributed by atoms with van der Waals surface area (Å²) < 4.78 is 0. The summed E-state index contributed by atoms with van der Waals surface area (Å²) in [4.78, 5) is 22.4. The van der Waals surface area contributed by atoms with Gasteiger partial charge in [0, 0.05) is 25.5 Å². The largest absolute Gasteiger partial charge is 0.337 e. The van der Waals surface area contributed by atoms with E-state index in [1.54, 1.807) is 6.20 Å². The van der Waals surface area contributed by atoms with E-state index in [1.165, 1.54) is 11.1 Å². The lowest BCUT2D eigenvalue weighted by atomic mass is 10.0. The molecule has 1 aliphatic rings. The van der Waals surface area contributed by atoms with Crippen molar-refractivity contribution in [3.05, 3.63) is 65.5 Å². The molecule has 1 aromatic heterocycles. The molecule has 4 heteroatoms. The lowest BCUT2D eigenvalue weighted by Gasteiger charge is -2.33. The predicted molar refractivity (Wildman–Crippen MR) is 109 cm³/mol. The van der Waals surface area contributed by atoms with Gasteiger partial charge in [0.25, 0.3) is 0 Å². The molecule has 1 atom stereocenters. The molecule has 1 fully saturated rings. The first kappa shape index (κ1) is 19.6. The van der Waals surface area contributed by atoms with Gasteiger partial charge in [-0.15, -0.1) is 0 Å². The van der Waals surface area contributed by atoms with Gasteiger partial charge < -0.3 is 4.90 Å². The minimum atomic E-state index is -0.220. The van der Waals surface area contributed by atoms with E-state index in [0.717, 1.165) is 50.9 Å². The molecule has 0 bridgehead atoms. The van der Waals surface area contributed by atoms with E-state index in [0.29, 0.717) is 6.54 Å². The first-order valence-electron chi connectivity index (χ1n) is 10.2. The lowest BCUT2D eigenvalue weighted by Crippen LogP contribution is -2.42. The Hall–Kier alpha value is -2.20. The molecule has 2 heterocycles. The maximum atomic E-state index is 13.7. The van der Waals surface area contributed by atoms with Crippen LogP contribution in [-0.2, 0) is 11.3 Å². The van der Waals surface area contributed by atoms with E-state index in [9.17, 15) is 4.79 Å². The molecule has 0 aliphatic carbocycles. The Bertz CT molecular complexity index is 725. The fourth-order valence-electron chi connectivity index (χ4n) is 3.83. The Balaban J connectivity index is 1.88. The Morgan fingerprint density at radius 3 is 2.63 bits per heavy atom. The van der Waals surface area contributed by atoms with Crippen molar-refractivity contribution in [1.82, 2.24) is 14.8 Å². The van der Waals surface area contributed by atoms with Gasteiger partial charge in [0.2, 0.25) is 5.91 Å². The summed E-state index contributed by atoms with van der Waals surface area (Å²) in [5.41, 5.74) is 3.48. The monoisotopic (exact) mass is 365 g/mol. The topological polar surface area (TPSA) is 36.4 Å². The van der Waals surface area contributed by atoms with Gasteiger partial charge in [-0.05, 0) is 62.0 Å². The van der Waals surface area contributed by atoms with E-state index in [-0.39, 0.29) is 11.9 Å². The molecule has 1 unspecified atom stereocenters. The summed E-state index contributed by atoms with van der Waals surface area (Å²) in [5, 5.41) is 0. The smallest absolute Gasteiger partial charge is 0.244 e. The molecule has 0 N–H and O–H groups in total. The summed E-state index contributed by atoms with van der Waals surface area (Å²) in [6.07, 6.45) is 8.06. The number of unbranched alkanes of at least 4 members (excludes halogenated alkanes) is 1. The number of nitrogens with zero attached hydrogens (tertiary/aromatic N) is 3. The van der Waals surface area contributed by atoms with Crippen LogP contribution in [0.4, 0.5) is 0 Å². The number of likely N-dealkylation sites (tertiary alicyclic amines) is 1. The van der Waals surface area contributed by atoms with Crippen molar-refractivity contribution < 1.29 is 4.79 Å². The van der Waals surface area contributed by atoms with Crippen molar-refractivity contribution in [2.75, 3.05) is 19.6 Å². The Labute approximate surface area is 163 Å². The number of pyridine rings is 1. The fourth-order valence-corrected chi connectivity index (χ4v) is 3.83. The van der Waals surface area contributed by atoms with Crippen LogP contribution in [0.3, 0.4) is 0 Å². The highest BCUT2D eigenvalue weighted by atomic mass is 16.2. The van der Waals surface area contributed by atoms with Crippen LogP contribution in [0, 0.1) is 6.92 Å². The summed E-state index contributed by atoms with van der Waals surface area (Å²) >= 11 is 0. The first-order chi connectivity index (χ1) is 13.2. The van der Waals surface area contributed by atoms with Gasteiger partial charge in [-0.25, -0.2) is 0 Å². The van der Waals surface area contributed by atoms with Crippen LogP contribution in [-0.4, -0.2) is 40.3 Å². The van der Waals surface area contributed by atoms with Gasteiger partial charge in [-0.3, -0.25) is 14.7 Å². The second-order valence-corrected chi connectivity index (χ2v) is 7.47. The molecule has 144 valence electrons. The van der Waals surface area contributed by atoms with Crippen LogP contribution in [0.15, 0.2) is 48.8 Å². The molecule has 0 radical (unpaired) electrons. The maximum Gasteiger partial charge on any atom is 0.244 e. The number of aromatic nitrogens is 1. The number of benzene rings is 1. The molecule has 0 spiro atoms. The van der Waals surface area contributed by atoms with Crippen LogP contribution in [0.1, 0.15) is 55.3 Å². The van der Waals surface area contributed by atoms with E-state index < -0.39 is 0 Å². The molecule has 2 aromatic rings. The van der Waals surface area contributed by atoms with Gasteiger partial charge in [0.05, 0.1) is 0 Å². The van der Waals surface area contributed by atoms with Crippen molar-refractivity contribution >= 4 is 5.91 Å². The predicted octanol–water partition coefficient (Wildman–Crippen LogP) is 4.36. The molecule has 27 heavy (non-hydrogen) atoms. The average Bonchev–Trinajstić information content (AvgIpc) is 3.21. The molecule has 3 rings (SSSR count). The molecule has 1 aliphatic heterocycles. The zero-order valence-corrected chi connectivity index (χ0v) is 16.6. The van der Waals surface area contributed by atoms with E-state index in [2.05, 4.69) is 52.9 Å². The summed E-state index contributed by atoms with van der Waals surface area (Å²) in [5.74, 6) is 0.210. The SMILES string of the molecule is CCCCN(Cc1ccccc1C)C(=O)C(c1cccnc1)N1CCCC1. The number of hydrogen-bond donors (Lipinski definition) is 0. The molecular formula is C23H31N3O. The Kier molecular flexibility index (Phi) is 6.99. The summed E-state index contributed by atoms with van der Waals surface area (Å²) in [6.45, 7) is 7.74. The van der Waals surface area contributed by atoms with Gasteiger partial charge >= 0.3 is 0 Å². The Morgan fingerprint density at radius 2 is 1.96 bits per heavy atom.